The van der Waals surface area contributed by atoms with E-state index in [4.69, 9.17) is 9.47 Å². The second-order valence-electron chi connectivity index (χ2n) is 5.66. The molecule has 22 heavy (non-hydrogen) atoms. The molecule has 0 fully saturated rings. The van der Waals surface area contributed by atoms with Crippen LogP contribution in [0.2, 0.25) is 0 Å². The minimum absolute atomic E-state index is 0.176. The summed E-state index contributed by atoms with van der Waals surface area (Å²) >= 11 is 1.04. The minimum Gasteiger partial charge on any atom is -0.462 e. The van der Waals surface area contributed by atoms with E-state index in [0.29, 0.717) is 10.4 Å². The van der Waals surface area contributed by atoms with Gasteiger partial charge in [-0.2, -0.15) is 0 Å². The number of carbonyl (C=O) groups excluding carboxylic acids is 3. The highest BCUT2D eigenvalue weighted by Gasteiger charge is 2.26. The lowest BCUT2D eigenvalue weighted by molar-refractivity contribution is 0.0527. The summed E-state index contributed by atoms with van der Waals surface area (Å²) in [6, 6.07) is 0. The second-order valence-corrected chi connectivity index (χ2v) is 6.68. The Morgan fingerprint density at radius 1 is 1.23 bits per heavy atom. The molecule has 1 aromatic heterocycles. The number of ether oxygens (including phenoxy) is 2. The number of amides is 1. The summed E-state index contributed by atoms with van der Waals surface area (Å²) in [5.41, 5.74) is 0.0362. The standard InChI is InChI=1S/C15H21NO5S/c1-7-20-13(18)10-8(2)11(9(3)17)22-12(10)16-14(19)21-15(4,5)6/h7H2,1-6H3,(H,16,19). The molecule has 0 aliphatic heterocycles. The quantitative estimate of drug-likeness (QED) is 0.672. The van der Waals surface area contributed by atoms with E-state index < -0.39 is 17.7 Å². The van der Waals surface area contributed by atoms with Crippen LogP contribution in [0.1, 0.15) is 60.2 Å². The molecule has 0 bridgehead atoms. The first-order valence-corrected chi connectivity index (χ1v) is 7.70. The summed E-state index contributed by atoms with van der Waals surface area (Å²) in [6.45, 7) is 10.2. The molecule has 122 valence electrons. The summed E-state index contributed by atoms with van der Waals surface area (Å²) in [5, 5.41) is 2.79. The molecular weight excluding hydrogens is 306 g/mol. The van der Waals surface area contributed by atoms with E-state index in [2.05, 4.69) is 5.32 Å². The van der Waals surface area contributed by atoms with Crippen molar-refractivity contribution in [3.63, 3.8) is 0 Å². The molecule has 7 heteroatoms. The molecule has 0 atom stereocenters. The third-order valence-electron chi connectivity index (χ3n) is 2.56. The molecule has 1 heterocycles. The van der Waals surface area contributed by atoms with Crippen LogP contribution in [-0.4, -0.2) is 30.1 Å². The van der Waals surface area contributed by atoms with Crippen molar-refractivity contribution in [2.24, 2.45) is 0 Å². The Kier molecular flexibility index (Phi) is 5.71. The van der Waals surface area contributed by atoms with Crippen molar-refractivity contribution in [3.05, 3.63) is 16.0 Å². The molecule has 1 rings (SSSR count). The number of Topliss-reactive ketones (excluding diaryl/α,β-unsaturated/α-hetero) is 1. The molecule has 0 aliphatic carbocycles. The van der Waals surface area contributed by atoms with Gasteiger partial charge in [0, 0.05) is 0 Å². The Morgan fingerprint density at radius 2 is 1.82 bits per heavy atom. The van der Waals surface area contributed by atoms with Gasteiger partial charge in [0.15, 0.2) is 5.78 Å². The van der Waals surface area contributed by atoms with Gasteiger partial charge in [0.05, 0.1) is 17.0 Å². The summed E-state index contributed by atoms with van der Waals surface area (Å²) in [5.74, 6) is -0.750. The predicted octanol–water partition coefficient (Wildman–Crippen LogP) is 3.78. The molecule has 0 saturated carbocycles. The molecule has 0 saturated heterocycles. The van der Waals surface area contributed by atoms with Crippen molar-refractivity contribution in [2.45, 2.75) is 47.1 Å². The molecule has 1 N–H and O–H groups in total. The summed E-state index contributed by atoms with van der Waals surface area (Å²) in [6.07, 6.45) is -0.686. The van der Waals surface area contributed by atoms with Crippen molar-refractivity contribution < 1.29 is 23.9 Å². The number of ketones is 1. The van der Waals surface area contributed by atoms with Crippen LogP contribution in [0.5, 0.6) is 0 Å². The number of hydrogen-bond acceptors (Lipinski definition) is 6. The van der Waals surface area contributed by atoms with E-state index in [9.17, 15) is 14.4 Å². The molecule has 0 radical (unpaired) electrons. The van der Waals surface area contributed by atoms with Gasteiger partial charge in [-0.1, -0.05) is 0 Å². The first-order chi connectivity index (χ1) is 10.1. The number of hydrogen-bond donors (Lipinski definition) is 1. The number of carbonyl (C=O) groups is 3. The van der Waals surface area contributed by atoms with Gasteiger partial charge in [-0.05, 0) is 47.1 Å². The monoisotopic (exact) mass is 327 g/mol. The highest BCUT2D eigenvalue weighted by Crippen LogP contribution is 2.34. The number of anilines is 1. The molecular formula is C15H21NO5S. The average molecular weight is 327 g/mol. The van der Waals surface area contributed by atoms with Gasteiger partial charge in [-0.25, -0.2) is 9.59 Å². The van der Waals surface area contributed by atoms with Crippen molar-refractivity contribution >= 4 is 34.2 Å². The number of thiophene rings is 1. The van der Waals surface area contributed by atoms with Crippen molar-refractivity contribution in [2.75, 3.05) is 11.9 Å². The van der Waals surface area contributed by atoms with E-state index in [0.717, 1.165) is 11.3 Å². The molecule has 6 nitrogen and oxygen atoms in total. The lowest BCUT2D eigenvalue weighted by atomic mass is 10.1. The normalized spacial score (nSPS) is 11.0. The number of esters is 1. The van der Waals surface area contributed by atoms with Gasteiger partial charge in [-0.3, -0.25) is 10.1 Å². The Bertz CT molecular complexity index is 598. The van der Waals surface area contributed by atoms with E-state index in [1.54, 1.807) is 34.6 Å². The Morgan fingerprint density at radius 3 is 2.27 bits per heavy atom. The maximum absolute atomic E-state index is 12.1. The van der Waals surface area contributed by atoms with Crippen LogP contribution in [0.4, 0.5) is 9.80 Å². The highest BCUT2D eigenvalue weighted by molar-refractivity contribution is 7.18. The first-order valence-electron chi connectivity index (χ1n) is 6.88. The fourth-order valence-corrected chi connectivity index (χ4v) is 2.86. The largest absolute Gasteiger partial charge is 0.462 e. The maximum Gasteiger partial charge on any atom is 0.412 e. The van der Waals surface area contributed by atoms with Gasteiger partial charge in [0.25, 0.3) is 0 Å². The Labute approximate surface area is 133 Å². The highest BCUT2D eigenvalue weighted by atomic mass is 32.1. The van der Waals surface area contributed by atoms with Crippen LogP contribution in [0.3, 0.4) is 0 Å². The number of rotatable bonds is 4. The molecule has 1 amide bonds. The summed E-state index contributed by atoms with van der Waals surface area (Å²) in [7, 11) is 0. The summed E-state index contributed by atoms with van der Waals surface area (Å²) in [4.78, 5) is 36.0. The maximum atomic E-state index is 12.1. The fourth-order valence-electron chi connectivity index (χ4n) is 1.78. The van der Waals surface area contributed by atoms with Crippen LogP contribution >= 0.6 is 11.3 Å². The first kappa shape index (κ1) is 18.2. The smallest absolute Gasteiger partial charge is 0.412 e. The number of nitrogens with one attached hydrogen (secondary N) is 1. The molecule has 0 aliphatic rings. The average Bonchev–Trinajstić information content (AvgIpc) is 2.63. The zero-order valence-corrected chi connectivity index (χ0v) is 14.5. The lowest BCUT2D eigenvalue weighted by Gasteiger charge is -2.19. The van der Waals surface area contributed by atoms with Crippen LogP contribution in [0.25, 0.3) is 0 Å². The van der Waals surface area contributed by atoms with Crippen LogP contribution < -0.4 is 5.32 Å². The van der Waals surface area contributed by atoms with E-state index in [1.807, 2.05) is 0 Å². The minimum atomic E-state index is -0.686. The van der Waals surface area contributed by atoms with Crippen molar-refractivity contribution in [1.82, 2.24) is 0 Å². The van der Waals surface area contributed by atoms with E-state index in [-0.39, 0.29) is 23.0 Å². The van der Waals surface area contributed by atoms with Crippen LogP contribution in [-0.2, 0) is 9.47 Å². The van der Waals surface area contributed by atoms with Crippen molar-refractivity contribution in [1.29, 1.82) is 0 Å². The van der Waals surface area contributed by atoms with Gasteiger partial charge in [0.2, 0.25) is 0 Å². The third kappa shape index (κ3) is 4.56. The van der Waals surface area contributed by atoms with E-state index >= 15 is 0 Å². The Hall–Kier alpha value is -1.89. The molecule has 0 spiro atoms. The predicted molar refractivity (Wildman–Crippen MR) is 84.9 cm³/mol. The lowest BCUT2D eigenvalue weighted by Crippen LogP contribution is -2.27. The third-order valence-corrected chi connectivity index (χ3v) is 3.87. The van der Waals surface area contributed by atoms with Gasteiger partial charge in [-0.15, -0.1) is 11.3 Å². The SMILES string of the molecule is CCOC(=O)c1c(NC(=O)OC(C)(C)C)sc(C(C)=O)c1C. The van der Waals surface area contributed by atoms with Crippen LogP contribution in [0, 0.1) is 6.92 Å². The zero-order valence-electron chi connectivity index (χ0n) is 13.7. The Balaban J connectivity index is 3.17. The zero-order chi connectivity index (χ0) is 17.1. The fraction of sp³-hybridized carbons (Fsp3) is 0.533. The van der Waals surface area contributed by atoms with Crippen molar-refractivity contribution in [3.8, 4) is 0 Å². The molecule has 0 unspecified atom stereocenters. The van der Waals surface area contributed by atoms with Gasteiger partial charge in [0.1, 0.15) is 10.6 Å². The molecule has 1 aromatic rings. The summed E-state index contributed by atoms with van der Waals surface area (Å²) < 4.78 is 10.2. The van der Waals surface area contributed by atoms with Gasteiger partial charge < -0.3 is 9.47 Å². The second kappa shape index (κ2) is 6.91. The van der Waals surface area contributed by atoms with Gasteiger partial charge >= 0.3 is 12.1 Å². The molecule has 0 aromatic carbocycles. The van der Waals surface area contributed by atoms with E-state index in [1.165, 1.54) is 6.92 Å². The topological polar surface area (TPSA) is 81.7 Å². The van der Waals surface area contributed by atoms with Crippen LogP contribution in [0.15, 0.2) is 0 Å².